The van der Waals surface area contributed by atoms with Crippen molar-refractivity contribution >= 4 is 41.5 Å². The quantitative estimate of drug-likeness (QED) is 0.0360. The van der Waals surface area contributed by atoms with Gasteiger partial charge in [0.2, 0.25) is 23.5 Å². The van der Waals surface area contributed by atoms with Crippen LogP contribution in [-0.4, -0.2) is 72.2 Å². The maximum atomic E-state index is 13.9. The van der Waals surface area contributed by atoms with Crippen molar-refractivity contribution in [1.82, 2.24) is 21.3 Å². The third kappa shape index (κ3) is 15.2. The van der Waals surface area contributed by atoms with Crippen molar-refractivity contribution in [2.75, 3.05) is 6.54 Å². The number of alkyl carbamates (subject to hydrolysis) is 1. The molecule has 0 radical (unpaired) electrons. The standard InChI is InChI=1S/C39H50N8O7/c1-25(2)21-31(46-36(51)32(23-27-15-8-4-9-16-27)47-39(53)54-24-28-17-10-5-11-18-28)35(50)45-30(22-26-13-6-3-7-14-26)33(48)37(52)44-29(34(40)49)19-12-20-43-38(41)42/h3-11,13-18,25,29-32H,12,19-24H2,1-2H3,(H2,40,49)(H,44,52)(H,45,50)(H,46,51)(H,47,53)(H4,41,42,43)/t29-,30?,31+,32+/m1/s1. The average molecular weight is 743 g/mol. The maximum Gasteiger partial charge on any atom is 0.408 e. The minimum Gasteiger partial charge on any atom is -0.445 e. The fourth-order valence-electron chi connectivity index (χ4n) is 5.45. The Morgan fingerprint density at radius 2 is 1.13 bits per heavy atom. The normalized spacial score (nSPS) is 12.9. The zero-order valence-electron chi connectivity index (χ0n) is 30.5. The van der Waals surface area contributed by atoms with Gasteiger partial charge in [-0.25, -0.2) is 4.79 Å². The van der Waals surface area contributed by atoms with Crippen molar-refractivity contribution in [1.29, 1.82) is 0 Å². The summed E-state index contributed by atoms with van der Waals surface area (Å²) in [4.78, 5) is 83.5. The van der Waals surface area contributed by atoms with Crippen molar-refractivity contribution in [3.05, 3.63) is 108 Å². The van der Waals surface area contributed by atoms with E-state index in [1.165, 1.54) is 0 Å². The molecular weight excluding hydrogens is 692 g/mol. The Balaban J connectivity index is 1.80. The van der Waals surface area contributed by atoms with E-state index in [4.69, 9.17) is 21.9 Å². The molecule has 10 N–H and O–H groups in total. The number of nitrogens with one attached hydrogen (secondary N) is 4. The minimum atomic E-state index is -1.38. The second kappa shape index (κ2) is 22.0. The number of benzene rings is 3. The number of Topliss-reactive ketones (excluding diaryl/α,β-unsaturated/α-hetero) is 1. The summed E-state index contributed by atoms with van der Waals surface area (Å²) in [6.07, 6.45) is -0.312. The van der Waals surface area contributed by atoms with Gasteiger partial charge in [-0.05, 0) is 41.9 Å². The number of nitrogens with two attached hydrogens (primary N) is 3. The van der Waals surface area contributed by atoms with Gasteiger partial charge in [0.1, 0.15) is 30.8 Å². The topological polar surface area (TPSA) is 250 Å². The molecule has 0 aliphatic rings. The number of ketones is 1. The summed E-state index contributed by atoms with van der Waals surface area (Å²) in [6, 6.07) is 21.9. The smallest absolute Gasteiger partial charge is 0.408 e. The molecule has 0 heterocycles. The SMILES string of the molecule is CC(C)C[C@H](NC(=O)[C@H](Cc1ccccc1)NC(=O)OCc1ccccc1)C(=O)NC(Cc1ccccc1)C(=O)C(=O)N[C@H](CCCN=C(N)N)C(N)=O. The van der Waals surface area contributed by atoms with E-state index < -0.39 is 59.7 Å². The molecule has 0 bridgehead atoms. The van der Waals surface area contributed by atoms with Gasteiger partial charge in [0.05, 0.1) is 0 Å². The molecule has 0 aliphatic carbocycles. The van der Waals surface area contributed by atoms with E-state index in [1.54, 1.807) is 66.7 Å². The van der Waals surface area contributed by atoms with E-state index >= 15 is 0 Å². The number of carbonyl (C=O) groups is 6. The maximum absolute atomic E-state index is 13.9. The summed E-state index contributed by atoms with van der Waals surface area (Å²) in [5, 5.41) is 10.4. The minimum absolute atomic E-state index is 0.0205. The van der Waals surface area contributed by atoms with E-state index in [2.05, 4.69) is 26.3 Å². The number of carbonyl (C=O) groups excluding carboxylic acids is 6. The Morgan fingerprint density at radius 1 is 0.630 bits per heavy atom. The lowest BCUT2D eigenvalue weighted by molar-refractivity contribution is -0.141. The molecular formula is C39H50N8O7. The highest BCUT2D eigenvalue weighted by Gasteiger charge is 2.34. The van der Waals surface area contributed by atoms with Crippen LogP contribution in [0.3, 0.4) is 0 Å². The van der Waals surface area contributed by atoms with Crippen molar-refractivity contribution < 1.29 is 33.5 Å². The number of aliphatic imine (C=N–C) groups is 1. The van der Waals surface area contributed by atoms with E-state index in [1.807, 2.05) is 38.1 Å². The van der Waals surface area contributed by atoms with Crippen LogP contribution in [0.1, 0.15) is 49.8 Å². The lowest BCUT2D eigenvalue weighted by atomic mass is 9.98. The number of amides is 5. The lowest BCUT2D eigenvalue weighted by Gasteiger charge is -2.26. The molecule has 54 heavy (non-hydrogen) atoms. The molecule has 15 nitrogen and oxygen atoms in total. The summed E-state index contributed by atoms with van der Waals surface area (Å²) < 4.78 is 5.37. The number of hydrogen-bond donors (Lipinski definition) is 7. The van der Waals surface area contributed by atoms with Gasteiger partial charge < -0.3 is 43.2 Å². The van der Waals surface area contributed by atoms with Crippen LogP contribution in [0.4, 0.5) is 4.79 Å². The monoisotopic (exact) mass is 742 g/mol. The Labute approximate surface area is 314 Å². The molecule has 0 fully saturated rings. The first-order valence-corrected chi connectivity index (χ1v) is 17.7. The molecule has 0 aliphatic heterocycles. The van der Waals surface area contributed by atoms with Crippen molar-refractivity contribution in [3.8, 4) is 0 Å². The first kappa shape index (κ1) is 42.2. The number of ether oxygens (including phenoxy) is 1. The summed E-state index contributed by atoms with van der Waals surface area (Å²) in [5.41, 5.74) is 18.3. The van der Waals surface area contributed by atoms with Crippen LogP contribution in [0.15, 0.2) is 96.0 Å². The predicted molar refractivity (Wildman–Crippen MR) is 203 cm³/mol. The van der Waals surface area contributed by atoms with Crippen LogP contribution < -0.4 is 38.5 Å². The molecule has 4 atom stereocenters. The molecule has 3 aromatic carbocycles. The van der Waals surface area contributed by atoms with Gasteiger partial charge in [0.25, 0.3) is 5.91 Å². The number of guanidine groups is 1. The first-order valence-electron chi connectivity index (χ1n) is 17.7. The fraction of sp³-hybridized carbons (Fsp3) is 0.359. The molecule has 5 amide bonds. The molecule has 0 saturated carbocycles. The van der Waals surface area contributed by atoms with Crippen molar-refractivity contribution in [2.45, 2.75) is 76.7 Å². The molecule has 0 spiro atoms. The number of rotatable bonds is 21. The van der Waals surface area contributed by atoms with E-state index in [-0.39, 0.29) is 57.1 Å². The third-order valence-electron chi connectivity index (χ3n) is 8.18. The Kier molecular flexibility index (Phi) is 17.1. The molecule has 15 heteroatoms. The molecule has 1 unspecified atom stereocenters. The Morgan fingerprint density at radius 3 is 1.65 bits per heavy atom. The van der Waals surface area contributed by atoms with E-state index in [0.717, 1.165) is 11.1 Å². The largest absolute Gasteiger partial charge is 0.445 e. The van der Waals surface area contributed by atoms with Crippen LogP contribution in [0.2, 0.25) is 0 Å². The molecule has 3 aromatic rings. The van der Waals surface area contributed by atoms with Crippen LogP contribution in [-0.2, 0) is 48.2 Å². The number of hydrogen-bond acceptors (Lipinski definition) is 8. The Hall–Kier alpha value is -6.25. The van der Waals surface area contributed by atoms with Gasteiger partial charge in [-0.3, -0.25) is 29.0 Å². The summed E-state index contributed by atoms with van der Waals surface area (Å²) in [6.45, 7) is 3.85. The van der Waals surface area contributed by atoms with Crippen LogP contribution in [0.5, 0.6) is 0 Å². The van der Waals surface area contributed by atoms with E-state index in [0.29, 0.717) is 5.56 Å². The van der Waals surface area contributed by atoms with Gasteiger partial charge in [-0.15, -0.1) is 0 Å². The number of primary amides is 1. The van der Waals surface area contributed by atoms with Crippen LogP contribution in [0.25, 0.3) is 0 Å². The van der Waals surface area contributed by atoms with Crippen LogP contribution >= 0.6 is 0 Å². The summed E-state index contributed by atoms with van der Waals surface area (Å²) >= 11 is 0. The lowest BCUT2D eigenvalue weighted by Crippen LogP contribution is -2.58. The average Bonchev–Trinajstić information content (AvgIpc) is 3.14. The highest BCUT2D eigenvalue weighted by atomic mass is 16.5. The summed E-state index contributed by atoms with van der Waals surface area (Å²) in [7, 11) is 0. The molecule has 0 saturated heterocycles. The van der Waals surface area contributed by atoms with Crippen molar-refractivity contribution in [2.24, 2.45) is 28.1 Å². The highest BCUT2D eigenvalue weighted by Crippen LogP contribution is 2.11. The second-order valence-corrected chi connectivity index (χ2v) is 13.1. The Bertz CT molecular complexity index is 1720. The summed E-state index contributed by atoms with van der Waals surface area (Å²) in [5.74, 6) is -4.65. The first-order chi connectivity index (χ1) is 25.8. The second-order valence-electron chi connectivity index (χ2n) is 13.1. The van der Waals surface area contributed by atoms with E-state index in [9.17, 15) is 28.8 Å². The van der Waals surface area contributed by atoms with Crippen molar-refractivity contribution in [3.63, 3.8) is 0 Å². The van der Waals surface area contributed by atoms with Gasteiger partial charge in [-0.1, -0.05) is 105 Å². The molecule has 0 aromatic heterocycles. The van der Waals surface area contributed by atoms with Gasteiger partial charge in [0, 0.05) is 19.4 Å². The predicted octanol–water partition coefficient (Wildman–Crippen LogP) is 1.38. The third-order valence-corrected chi connectivity index (χ3v) is 8.18. The fourth-order valence-corrected chi connectivity index (χ4v) is 5.45. The number of nitrogens with zero attached hydrogens (tertiary/aromatic N) is 1. The van der Waals surface area contributed by atoms with Gasteiger partial charge in [-0.2, -0.15) is 0 Å². The molecule has 3 rings (SSSR count). The zero-order valence-corrected chi connectivity index (χ0v) is 30.5. The zero-order chi connectivity index (χ0) is 39.5. The van der Waals surface area contributed by atoms with Gasteiger partial charge in [0.15, 0.2) is 5.96 Å². The van der Waals surface area contributed by atoms with Gasteiger partial charge >= 0.3 is 6.09 Å². The molecule has 288 valence electrons. The highest BCUT2D eigenvalue weighted by molar-refractivity contribution is 6.38. The van der Waals surface area contributed by atoms with Crippen LogP contribution in [0, 0.1) is 5.92 Å².